The lowest BCUT2D eigenvalue weighted by molar-refractivity contribution is 0.255. The van der Waals surface area contributed by atoms with E-state index in [9.17, 15) is 8.78 Å². The van der Waals surface area contributed by atoms with Crippen molar-refractivity contribution in [2.45, 2.75) is 5.76 Å². The Morgan fingerprint density at radius 3 is 1.50 bits per heavy atom. The minimum Gasteiger partial charge on any atom is -0.197 e. The topological polar surface area (TPSA) is 0 Å². The maximum Gasteiger partial charge on any atom is 0.294 e. The zero-order valence-corrected chi connectivity index (χ0v) is 2.56. The molecule has 25 valence electrons. The van der Waals surface area contributed by atoms with Gasteiger partial charge in [0.2, 0.25) is 0 Å². The largest absolute Gasteiger partial charge is 0.294 e. The smallest absolute Gasteiger partial charge is 0.197 e. The molecule has 3 heteroatoms. The van der Waals surface area contributed by atoms with Crippen LogP contribution in [0.4, 0.5) is 8.78 Å². The molecule has 0 aliphatic heterocycles. The number of alkyl halides is 2. The highest BCUT2D eigenvalue weighted by atomic mass is 32.1. The van der Waals surface area contributed by atoms with Crippen LogP contribution in [0.1, 0.15) is 0 Å². The van der Waals surface area contributed by atoms with Crippen LogP contribution in [0.3, 0.4) is 0 Å². The van der Waals surface area contributed by atoms with Gasteiger partial charge < -0.3 is 0 Å². The van der Waals surface area contributed by atoms with Crippen LogP contribution in [0.15, 0.2) is 0 Å². The first-order chi connectivity index (χ1) is 1.73. The van der Waals surface area contributed by atoms with Crippen molar-refractivity contribution in [3.63, 3.8) is 0 Å². The van der Waals surface area contributed by atoms with Crippen molar-refractivity contribution >= 4 is 12.6 Å². The third kappa shape index (κ3) is 73.4. The van der Waals surface area contributed by atoms with Crippen LogP contribution in [0.2, 0.25) is 0 Å². The third-order valence-corrected chi connectivity index (χ3v) is 0. The lowest BCUT2D eigenvalue weighted by atomic mass is 11.7. The Morgan fingerprint density at radius 2 is 1.50 bits per heavy atom. The van der Waals surface area contributed by atoms with Gasteiger partial charge in [0.1, 0.15) is 0 Å². The average molecular weight is 83.1 g/mol. The predicted molar refractivity (Wildman–Crippen MR) is 13.6 cm³/mol. The maximum absolute atomic E-state index is 10.1. The monoisotopic (exact) mass is 83.0 g/mol. The fourth-order valence-electron chi connectivity index (χ4n) is 0. The van der Waals surface area contributed by atoms with Gasteiger partial charge in [-0.2, -0.15) is 8.78 Å². The highest BCUT2D eigenvalue weighted by Gasteiger charge is 1.83. The van der Waals surface area contributed by atoms with E-state index >= 15 is 0 Å². The second-order valence-corrected chi connectivity index (χ2v) is 0.617. The van der Waals surface area contributed by atoms with Gasteiger partial charge in [0, 0.05) is 0 Å². The molecule has 0 fully saturated rings. The molecule has 0 bridgehead atoms. The second kappa shape index (κ2) is 1.52. The summed E-state index contributed by atoms with van der Waals surface area (Å²) < 4.78 is 20.3. The summed E-state index contributed by atoms with van der Waals surface area (Å²) in [6.07, 6.45) is 0. The molecule has 0 amide bonds. The molecule has 0 rings (SSSR count). The molecule has 0 heterocycles. The first-order valence-corrected chi connectivity index (χ1v) is 1.14. The van der Waals surface area contributed by atoms with Crippen LogP contribution < -0.4 is 0 Å². The molecule has 0 atom stereocenters. The summed E-state index contributed by atoms with van der Waals surface area (Å²) in [5.74, 6) is -2.58. The van der Waals surface area contributed by atoms with Crippen LogP contribution in [-0.2, 0) is 0 Å². The molecule has 1 radical (unpaired) electrons. The number of hydrogen-bond donors (Lipinski definition) is 0. The van der Waals surface area contributed by atoms with Crippen LogP contribution in [0.25, 0.3) is 0 Å². The van der Waals surface area contributed by atoms with E-state index in [1.807, 2.05) is 0 Å². The van der Waals surface area contributed by atoms with Crippen molar-refractivity contribution in [3.8, 4) is 0 Å². The highest BCUT2D eigenvalue weighted by molar-refractivity contribution is 7.80. The quantitative estimate of drug-likeness (QED) is 0.415. The first-order valence-electron chi connectivity index (χ1n) is 0.672. The summed E-state index contributed by atoms with van der Waals surface area (Å²) in [7, 11) is 0. The van der Waals surface area contributed by atoms with E-state index < -0.39 is 5.76 Å². The third-order valence-electron chi connectivity index (χ3n) is 0. The van der Waals surface area contributed by atoms with Gasteiger partial charge >= 0.3 is 0 Å². The van der Waals surface area contributed by atoms with E-state index in [-0.39, 0.29) is 0 Å². The second-order valence-electron chi connectivity index (χ2n) is 0.261. The summed E-state index contributed by atoms with van der Waals surface area (Å²) in [4.78, 5) is 0. The fourth-order valence-corrected chi connectivity index (χ4v) is 0. The molecular formula is CHF2S. The van der Waals surface area contributed by atoms with Gasteiger partial charge in [-0.3, -0.25) is 0 Å². The number of halogens is 2. The number of rotatable bonds is 0. The van der Waals surface area contributed by atoms with E-state index in [0.29, 0.717) is 0 Å². The van der Waals surface area contributed by atoms with Crippen molar-refractivity contribution in [2.24, 2.45) is 0 Å². The van der Waals surface area contributed by atoms with E-state index in [0.717, 1.165) is 0 Å². The standard InChI is InChI=1S/CHF2S/c2-1(3)4/h1H. The Kier molecular flexibility index (Phi) is 1.60. The SMILES string of the molecule is FC(F)[S]. The summed E-state index contributed by atoms with van der Waals surface area (Å²) in [6.45, 7) is 0. The van der Waals surface area contributed by atoms with E-state index in [4.69, 9.17) is 0 Å². The number of hydrogen-bond acceptors (Lipinski definition) is 0. The molecule has 0 aromatic carbocycles. The highest BCUT2D eigenvalue weighted by Crippen LogP contribution is 1.92. The van der Waals surface area contributed by atoms with Gasteiger partial charge in [0.15, 0.2) is 0 Å². The molecule has 0 spiro atoms. The Morgan fingerprint density at radius 1 is 1.50 bits per heavy atom. The Balaban J connectivity index is 2.32. The molecule has 0 nitrogen and oxygen atoms in total. The summed E-state index contributed by atoms with van der Waals surface area (Å²) in [5, 5.41) is 0. The molecular weight excluding hydrogens is 82.1 g/mol. The summed E-state index contributed by atoms with van der Waals surface area (Å²) in [6, 6.07) is 0. The van der Waals surface area contributed by atoms with E-state index in [1.165, 1.54) is 0 Å². The van der Waals surface area contributed by atoms with Crippen molar-refractivity contribution in [2.75, 3.05) is 0 Å². The van der Waals surface area contributed by atoms with Gasteiger partial charge in [-0.1, -0.05) is 0 Å². The summed E-state index contributed by atoms with van der Waals surface area (Å²) in [5.41, 5.74) is 0. The Labute approximate surface area is 28.2 Å². The van der Waals surface area contributed by atoms with Crippen molar-refractivity contribution < 1.29 is 8.78 Å². The maximum atomic E-state index is 10.1. The first kappa shape index (κ1) is 4.21. The zero-order valence-electron chi connectivity index (χ0n) is 1.74. The summed E-state index contributed by atoms with van der Waals surface area (Å²) >= 11 is 3.29. The fraction of sp³-hybridized carbons (Fsp3) is 1.00. The molecule has 0 unspecified atom stereocenters. The van der Waals surface area contributed by atoms with E-state index in [1.54, 1.807) is 0 Å². The zero-order chi connectivity index (χ0) is 3.58. The molecule has 0 saturated carbocycles. The van der Waals surface area contributed by atoms with E-state index in [2.05, 4.69) is 12.6 Å². The van der Waals surface area contributed by atoms with Gasteiger partial charge in [0.05, 0.1) is 0 Å². The normalized spacial score (nSPS) is 9.00. The molecule has 0 aromatic heterocycles. The molecule has 0 aromatic rings. The van der Waals surface area contributed by atoms with Crippen LogP contribution in [0.5, 0.6) is 0 Å². The van der Waals surface area contributed by atoms with Crippen LogP contribution in [0, 0.1) is 0 Å². The molecule has 4 heavy (non-hydrogen) atoms. The molecule has 0 N–H and O–H groups in total. The average Bonchev–Trinajstić information content (AvgIpc) is 0.811. The van der Waals surface area contributed by atoms with Gasteiger partial charge in [-0.25, -0.2) is 0 Å². The Hall–Kier alpha value is 0.210. The van der Waals surface area contributed by atoms with Gasteiger partial charge in [-0.15, -0.1) is 0 Å². The molecule has 0 aliphatic rings. The van der Waals surface area contributed by atoms with Crippen LogP contribution >= 0.6 is 12.6 Å². The minimum atomic E-state index is -2.58. The minimum absolute atomic E-state index is 2.58. The lowest BCUT2D eigenvalue weighted by Gasteiger charge is -1.67. The van der Waals surface area contributed by atoms with Crippen LogP contribution in [-0.4, -0.2) is 5.76 Å². The van der Waals surface area contributed by atoms with Crippen molar-refractivity contribution in [3.05, 3.63) is 0 Å². The molecule has 0 aliphatic carbocycles. The predicted octanol–water partition coefficient (Wildman–Crippen LogP) is 1.41. The lowest BCUT2D eigenvalue weighted by Crippen LogP contribution is -1.62. The van der Waals surface area contributed by atoms with Gasteiger partial charge in [0.25, 0.3) is 5.76 Å². The van der Waals surface area contributed by atoms with Gasteiger partial charge in [-0.05, 0) is 12.6 Å². The van der Waals surface area contributed by atoms with Crippen molar-refractivity contribution in [1.29, 1.82) is 0 Å². The molecule has 0 saturated heterocycles. The van der Waals surface area contributed by atoms with Crippen molar-refractivity contribution in [1.82, 2.24) is 0 Å². The Bertz CT molecular complexity index is 10.8.